The van der Waals surface area contributed by atoms with E-state index in [1.807, 2.05) is 0 Å². The highest BCUT2D eigenvalue weighted by molar-refractivity contribution is 5.69. The SMILES string of the molecule is CCc1cc(OC)cc2c1N[C@H]1c3ccccc3C[C@@H]21. The summed E-state index contributed by atoms with van der Waals surface area (Å²) in [5.41, 5.74) is 7.10. The first-order chi connectivity index (χ1) is 9.81. The molecule has 2 aromatic carbocycles. The first-order valence-electron chi connectivity index (χ1n) is 7.37. The van der Waals surface area contributed by atoms with Crippen molar-refractivity contribution in [1.29, 1.82) is 0 Å². The second-order valence-electron chi connectivity index (χ2n) is 5.74. The van der Waals surface area contributed by atoms with Gasteiger partial charge in [0.1, 0.15) is 5.75 Å². The summed E-state index contributed by atoms with van der Waals surface area (Å²) in [6, 6.07) is 13.6. The minimum atomic E-state index is 0.443. The van der Waals surface area contributed by atoms with Crippen molar-refractivity contribution < 1.29 is 4.74 Å². The lowest BCUT2D eigenvalue weighted by atomic mass is 9.94. The fourth-order valence-electron chi connectivity index (χ4n) is 3.78. The molecule has 0 saturated heterocycles. The molecule has 0 saturated carbocycles. The van der Waals surface area contributed by atoms with Gasteiger partial charge in [0.25, 0.3) is 0 Å². The molecule has 2 aromatic rings. The Kier molecular flexibility index (Phi) is 2.53. The number of anilines is 1. The summed E-state index contributed by atoms with van der Waals surface area (Å²) in [5, 5.41) is 3.77. The van der Waals surface area contributed by atoms with E-state index in [9.17, 15) is 0 Å². The molecule has 0 unspecified atom stereocenters. The second kappa shape index (κ2) is 4.27. The molecule has 102 valence electrons. The lowest BCUT2D eigenvalue weighted by molar-refractivity contribution is 0.413. The highest BCUT2D eigenvalue weighted by Crippen LogP contribution is 2.53. The average Bonchev–Trinajstić information content (AvgIpc) is 3.02. The predicted molar refractivity (Wildman–Crippen MR) is 81.6 cm³/mol. The predicted octanol–water partition coefficient (Wildman–Crippen LogP) is 4.06. The molecule has 0 spiro atoms. The van der Waals surface area contributed by atoms with Crippen LogP contribution in [0.5, 0.6) is 5.75 Å². The summed E-state index contributed by atoms with van der Waals surface area (Å²) in [6.45, 7) is 2.21. The molecule has 2 heteroatoms. The summed E-state index contributed by atoms with van der Waals surface area (Å²) < 4.78 is 5.48. The van der Waals surface area contributed by atoms with Gasteiger partial charge in [-0.05, 0) is 47.2 Å². The molecule has 2 nitrogen and oxygen atoms in total. The van der Waals surface area contributed by atoms with Crippen molar-refractivity contribution in [3.05, 3.63) is 58.7 Å². The van der Waals surface area contributed by atoms with Gasteiger partial charge < -0.3 is 10.1 Å². The number of benzene rings is 2. The number of hydrogen-bond acceptors (Lipinski definition) is 2. The Morgan fingerprint density at radius 2 is 2.05 bits per heavy atom. The van der Waals surface area contributed by atoms with Crippen LogP contribution < -0.4 is 10.1 Å². The zero-order valence-electron chi connectivity index (χ0n) is 11.9. The van der Waals surface area contributed by atoms with Gasteiger partial charge in [-0.15, -0.1) is 0 Å². The Morgan fingerprint density at radius 3 is 2.85 bits per heavy atom. The van der Waals surface area contributed by atoms with Gasteiger partial charge in [-0.3, -0.25) is 0 Å². The monoisotopic (exact) mass is 265 g/mol. The first kappa shape index (κ1) is 11.8. The fourth-order valence-corrected chi connectivity index (χ4v) is 3.78. The van der Waals surface area contributed by atoms with Gasteiger partial charge >= 0.3 is 0 Å². The maximum absolute atomic E-state index is 5.48. The van der Waals surface area contributed by atoms with Crippen molar-refractivity contribution in [2.75, 3.05) is 12.4 Å². The molecular weight excluding hydrogens is 246 g/mol. The van der Waals surface area contributed by atoms with E-state index in [0.717, 1.165) is 18.6 Å². The zero-order chi connectivity index (χ0) is 13.7. The minimum absolute atomic E-state index is 0.443. The Labute approximate surface area is 119 Å². The molecule has 2 aliphatic rings. The Balaban J connectivity index is 1.83. The highest BCUT2D eigenvalue weighted by Gasteiger charge is 2.40. The molecule has 1 aliphatic heterocycles. The maximum Gasteiger partial charge on any atom is 0.119 e. The van der Waals surface area contributed by atoms with Crippen LogP contribution in [0, 0.1) is 0 Å². The van der Waals surface area contributed by atoms with Crippen LogP contribution in [0.4, 0.5) is 5.69 Å². The molecule has 0 aromatic heterocycles. The van der Waals surface area contributed by atoms with Crippen LogP contribution in [0.1, 0.15) is 41.1 Å². The van der Waals surface area contributed by atoms with Gasteiger partial charge in [0.2, 0.25) is 0 Å². The number of methoxy groups -OCH3 is 1. The summed E-state index contributed by atoms with van der Waals surface area (Å²) >= 11 is 0. The van der Waals surface area contributed by atoms with Crippen LogP contribution in [-0.4, -0.2) is 7.11 Å². The normalized spacial score (nSPS) is 21.9. The van der Waals surface area contributed by atoms with Crippen molar-refractivity contribution in [1.82, 2.24) is 0 Å². The van der Waals surface area contributed by atoms with E-state index < -0.39 is 0 Å². The number of rotatable bonds is 2. The third-order valence-electron chi connectivity index (χ3n) is 4.77. The van der Waals surface area contributed by atoms with Crippen LogP contribution in [0.2, 0.25) is 0 Å². The smallest absolute Gasteiger partial charge is 0.119 e. The van der Waals surface area contributed by atoms with Crippen molar-refractivity contribution in [3.8, 4) is 5.75 Å². The van der Waals surface area contributed by atoms with Crippen LogP contribution in [-0.2, 0) is 12.8 Å². The Morgan fingerprint density at radius 1 is 1.20 bits per heavy atom. The van der Waals surface area contributed by atoms with E-state index in [0.29, 0.717) is 12.0 Å². The molecule has 4 rings (SSSR count). The van der Waals surface area contributed by atoms with Gasteiger partial charge in [-0.2, -0.15) is 0 Å². The highest BCUT2D eigenvalue weighted by atomic mass is 16.5. The molecule has 1 heterocycles. The van der Waals surface area contributed by atoms with E-state index in [2.05, 4.69) is 48.6 Å². The molecule has 1 aliphatic carbocycles. The van der Waals surface area contributed by atoms with E-state index in [-0.39, 0.29) is 0 Å². The third-order valence-corrected chi connectivity index (χ3v) is 4.77. The number of fused-ring (bicyclic) bond motifs is 5. The van der Waals surface area contributed by atoms with E-state index >= 15 is 0 Å². The minimum Gasteiger partial charge on any atom is -0.497 e. The molecule has 20 heavy (non-hydrogen) atoms. The van der Waals surface area contributed by atoms with Crippen molar-refractivity contribution in [2.45, 2.75) is 31.7 Å². The van der Waals surface area contributed by atoms with Crippen LogP contribution in [0.15, 0.2) is 36.4 Å². The van der Waals surface area contributed by atoms with Crippen LogP contribution in [0.3, 0.4) is 0 Å². The maximum atomic E-state index is 5.48. The van der Waals surface area contributed by atoms with Gasteiger partial charge in [0.05, 0.1) is 13.2 Å². The van der Waals surface area contributed by atoms with Gasteiger partial charge in [0.15, 0.2) is 0 Å². The van der Waals surface area contributed by atoms with Crippen LogP contribution in [0.25, 0.3) is 0 Å². The molecule has 0 bridgehead atoms. The lowest BCUT2D eigenvalue weighted by Crippen LogP contribution is -2.05. The van der Waals surface area contributed by atoms with Crippen molar-refractivity contribution in [3.63, 3.8) is 0 Å². The third kappa shape index (κ3) is 1.51. The number of aryl methyl sites for hydroxylation is 1. The van der Waals surface area contributed by atoms with E-state index in [1.54, 1.807) is 7.11 Å². The number of hydrogen-bond donors (Lipinski definition) is 1. The lowest BCUT2D eigenvalue weighted by Gasteiger charge is -2.13. The zero-order valence-corrected chi connectivity index (χ0v) is 11.9. The summed E-state index contributed by atoms with van der Waals surface area (Å²) in [6.07, 6.45) is 2.17. The Bertz CT molecular complexity index is 677. The van der Waals surface area contributed by atoms with Gasteiger partial charge in [0, 0.05) is 11.6 Å². The quantitative estimate of drug-likeness (QED) is 0.884. The topological polar surface area (TPSA) is 21.3 Å². The molecule has 0 radical (unpaired) electrons. The largest absolute Gasteiger partial charge is 0.497 e. The number of nitrogens with one attached hydrogen (secondary N) is 1. The molecule has 0 fully saturated rings. The average molecular weight is 265 g/mol. The molecular formula is C18H19NO. The Hall–Kier alpha value is -1.96. The summed E-state index contributed by atoms with van der Waals surface area (Å²) in [4.78, 5) is 0. The fraction of sp³-hybridized carbons (Fsp3) is 0.333. The molecule has 0 amide bonds. The van der Waals surface area contributed by atoms with Crippen molar-refractivity contribution >= 4 is 5.69 Å². The second-order valence-corrected chi connectivity index (χ2v) is 5.74. The standard InChI is InChI=1S/C18H19NO/c1-3-11-8-13(20-2)10-16-15-9-12-6-4-5-7-14(12)18(15)19-17(11)16/h4-8,10,15,18-19H,3,9H2,1-2H3/t15-,18-/m0/s1. The molecule has 1 N–H and O–H groups in total. The first-order valence-corrected chi connectivity index (χ1v) is 7.37. The summed E-state index contributed by atoms with van der Waals surface area (Å²) in [5.74, 6) is 1.54. The molecule has 2 atom stereocenters. The van der Waals surface area contributed by atoms with E-state index in [4.69, 9.17) is 4.74 Å². The van der Waals surface area contributed by atoms with Crippen LogP contribution >= 0.6 is 0 Å². The van der Waals surface area contributed by atoms with Gasteiger partial charge in [-0.25, -0.2) is 0 Å². The van der Waals surface area contributed by atoms with E-state index in [1.165, 1.54) is 27.9 Å². The summed E-state index contributed by atoms with van der Waals surface area (Å²) in [7, 11) is 1.75. The number of ether oxygens (including phenoxy) is 1. The van der Waals surface area contributed by atoms with Crippen molar-refractivity contribution in [2.24, 2.45) is 0 Å². The van der Waals surface area contributed by atoms with Gasteiger partial charge in [-0.1, -0.05) is 31.2 Å².